The third-order valence-corrected chi connectivity index (χ3v) is 4.96. The Hall–Kier alpha value is -2.95. The molecule has 0 saturated carbocycles. The molecule has 2 heterocycles. The molecule has 28 heavy (non-hydrogen) atoms. The molecule has 1 amide bonds. The van der Waals surface area contributed by atoms with Crippen LogP contribution in [0.4, 0.5) is 5.69 Å². The summed E-state index contributed by atoms with van der Waals surface area (Å²) in [5.41, 5.74) is 4.58. The van der Waals surface area contributed by atoms with Crippen molar-refractivity contribution in [1.82, 2.24) is 14.5 Å². The van der Waals surface area contributed by atoms with E-state index in [2.05, 4.69) is 42.0 Å². The zero-order chi connectivity index (χ0) is 19.8. The minimum Gasteiger partial charge on any atom is -0.328 e. The van der Waals surface area contributed by atoms with Crippen molar-refractivity contribution in [2.24, 2.45) is 0 Å². The van der Waals surface area contributed by atoms with Crippen molar-refractivity contribution in [1.29, 1.82) is 0 Å². The zero-order valence-electron chi connectivity index (χ0n) is 16.7. The number of amides is 1. The molecule has 5 heteroatoms. The lowest BCUT2D eigenvalue weighted by atomic mass is 10.1. The molecule has 0 N–H and O–H groups in total. The summed E-state index contributed by atoms with van der Waals surface area (Å²) < 4.78 is 1.82. The number of rotatable bonds is 9. The van der Waals surface area contributed by atoms with Crippen molar-refractivity contribution in [3.63, 3.8) is 0 Å². The number of para-hydroxylation sites is 1. The topological polar surface area (TPSA) is 51.0 Å². The van der Waals surface area contributed by atoms with Crippen LogP contribution in [-0.2, 0) is 17.8 Å². The molecule has 3 aromatic rings. The summed E-state index contributed by atoms with van der Waals surface area (Å²) in [6.45, 7) is 5.18. The van der Waals surface area contributed by atoms with Crippen molar-refractivity contribution in [3.8, 4) is 0 Å². The van der Waals surface area contributed by atoms with E-state index in [1.54, 1.807) is 18.7 Å². The van der Waals surface area contributed by atoms with Crippen LogP contribution in [-0.4, -0.2) is 27.0 Å². The van der Waals surface area contributed by atoms with E-state index in [9.17, 15) is 4.79 Å². The molecule has 1 aromatic carbocycles. The van der Waals surface area contributed by atoms with Crippen LogP contribution in [0.3, 0.4) is 0 Å². The predicted octanol–water partition coefficient (Wildman–Crippen LogP) is 4.34. The third kappa shape index (κ3) is 5.28. The van der Waals surface area contributed by atoms with Gasteiger partial charge in [0.25, 0.3) is 0 Å². The monoisotopic (exact) mass is 376 g/mol. The van der Waals surface area contributed by atoms with Gasteiger partial charge in [0, 0.05) is 37.0 Å². The number of pyridine rings is 1. The Balaban J connectivity index is 1.63. The van der Waals surface area contributed by atoms with Crippen LogP contribution in [0.1, 0.15) is 36.0 Å². The number of aryl methyl sites for hydroxylation is 3. The summed E-state index contributed by atoms with van der Waals surface area (Å²) >= 11 is 0. The summed E-state index contributed by atoms with van der Waals surface area (Å²) in [7, 11) is 0. The van der Waals surface area contributed by atoms with Gasteiger partial charge in [0.15, 0.2) is 0 Å². The first kappa shape index (κ1) is 19.8. The number of anilines is 1. The fraction of sp³-hybridized carbons (Fsp3) is 0.348. The van der Waals surface area contributed by atoms with E-state index >= 15 is 0 Å². The SMILES string of the molecule is Cc1cccc(C)c1N(CCCCCc1cccnc1)C(=O)Cn1ccnc1. The number of hydrogen-bond acceptors (Lipinski definition) is 3. The minimum atomic E-state index is 0.0997. The van der Waals surface area contributed by atoms with Gasteiger partial charge in [-0.2, -0.15) is 0 Å². The second-order valence-corrected chi connectivity index (χ2v) is 7.19. The summed E-state index contributed by atoms with van der Waals surface area (Å²) in [5.74, 6) is 0.0997. The first-order chi connectivity index (χ1) is 13.6. The van der Waals surface area contributed by atoms with Gasteiger partial charge in [0.2, 0.25) is 5.91 Å². The third-order valence-electron chi connectivity index (χ3n) is 4.96. The lowest BCUT2D eigenvalue weighted by molar-refractivity contribution is -0.119. The lowest BCUT2D eigenvalue weighted by Crippen LogP contribution is -2.35. The normalized spacial score (nSPS) is 10.8. The van der Waals surface area contributed by atoms with Crippen LogP contribution in [0.2, 0.25) is 0 Å². The summed E-state index contributed by atoms with van der Waals surface area (Å²) in [6, 6.07) is 10.3. The van der Waals surface area contributed by atoms with Crippen LogP contribution < -0.4 is 4.90 Å². The highest BCUT2D eigenvalue weighted by molar-refractivity contribution is 5.94. The maximum absolute atomic E-state index is 13.1. The second-order valence-electron chi connectivity index (χ2n) is 7.19. The standard InChI is InChI=1S/C23H28N4O/c1-19-8-6-9-20(2)23(19)27(22(28)17-26-15-13-25-18-26)14-5-3-4-10-21-11-7-12-24-16-21/h6-9,11-13,15-16,18H,3-5,10,14,17H2,1-2H3. The quantitative estimate of drug-likeness (QED) is 0.522. The van der Waals surface area contributed by atoms with Gasteiger partial charge in [-0.25, -0.2) is 4.98 Å². The van der Waals surface area contributed by atoms with E-state index in [1.165, 1.54) is 5.56 Å². The molecule has 0 bridgehead atoms. The molecule has 0 saturated heterocycles. The highest BCUT2D eigenvalue weighted by atomic mass is 16.2. The molecule has 2 aromatic heterocycles. The molecule has 0 aliphatic carbocycles. The molecule has 5 nitrogen and oxygen atoms in total. The average molecular weight is 377 g/mol. The minimum absolute atomic E-state index is 0.0997. The number of unbranched alkanes of at least 4 members (excludes halogenated alkanes) is 2. The highest BCUT2D eigenvalue weighted by Gasteiger charge is 2.19. The fourth-order valence-corrected chi connectivity index (χ4v) is 3.54. The molecule has 0 radical (unpaired) electrons. The van der Waals surface area contributed by atoms with E-state index < -0.39 is 0 Å². The maximum Gasteiger partial charge on any atom is 0.246 e. The smallest absolute Gasteiger partial charge is 0.246 e. The molecule has 3 rings (SSSR count). The second kappa shape index (κ2) is 9.83. The van der Waals surface area contributed by atoms with Crippen LogP contribution in [0.25, 0.3) is 0 Å². The first-order valence-corrected chi connectivity index (χ1v) is 9.86. The largest absolute Gasteiger partial charge is 0.328 e. The van der Waals surface area contributed by atoms with Crippen molar-refractivity contribution < 1.29 is 4.79 Å². The Morgan fingerprint density at radius 2 is 1.82 bits per heavy atom. The lowest BCUT2D eigenvalue weighted by Gasteiger charge is -2.26. The number of hydrogen-bond donors (Lipinski definition) is 0. The van der Waals surface area contributed by atoms with E-state index in [0.717, 1.165) is 49.0 Å². The van der Waals surface area contributed by atoms with Crippen LogP contribution in [0.5, 0.6) is 0 Å². The van der Waals surface area contributed by atoms with E-state index in [0.29, 0.717) is 6.54 Å². The molecule has 0 fully saturated rings. The number of nitrogens with zero attached hydrogens (tertiary/aromatic N) is 4. The molecule has 0 unspecified atom stereocenters. The molecule has 146 valence electrons. The van der Waals surface area contributed by atoms with Crippen molar-refractivity contribution in [2.45, 2.75) is 46.1 Å². The van der Waals surface area contributed by atoms with Gasteiger partial charge in [-0.1, -0.05) is 30.7 Å². The van der Waals surface area contributed by atoms with Crippen molar-refractivity contribution >= 4 is 11.6 Å². The molecular weight excluding hydrogens is 348 g/mol. The van der Waals surface area contributed by atoms with Gasteiger partial charge in [-0.15, -0.1) is 0 Å². The molecule has 0 spiro atoms. The Kier molecular flexibility index (Phi) is 6.95. The van der Waals surface area contributed by atoms with Crippen LogP contribution >= 0.6 is 0 Å². The molecule has 0 atom stereocenters. The van der Waals surface area contributed by atoms with Crippen LogP contribution in [0, 0.1) is 13.8 Å². The van der Waals surface area contributed by atoms with E-state index in [4.69, 9.17) is 0 Å². The summed E-state index contributed by atoms with van der Waals surface area (Å²) in [5, 5.41) is 0. The van der Waals surface area contributed by atoms with Gasteiger partial charge >= 0.3 is 0 Å². The summed E-state index contributed by atoms with van der Waals surface area (Å²) in [4.78, 5) is 23.2. The highest BCUT2D eigenvalue weighted by Crippen LogP contribution is 2.25. The van der Waals surface area contributed by atoms with Gasteiger partial charge in [-0.05, 0) is 55.9 Å². The average Bonchev–Trinajstić information content (AvgIpc) is 3.20. The van der Waals surface area contributed by atoms with Gasteiger partial charge in [-0.3, -0.25) is 9.78 Å². The van der Waals surface area contributed by atoms with Crippen molar-refractivity contribution in [3.05, 3.63) is 78.1 Å². The Morgan fingerprint density at radius 1 is 1.00 bits per heavy atom. The van der Waals surface area contributed by atoms with Crippen LogP contribution in [0.15, 0.2) is 61.4 Å². The van der Waals surface area contributed by atoms with E-state index in [-0.39, 0.29) is 5.91 Å². The zero-order valence-corrected chi connectivity index (χ0v) is 16.7. The Bertz CT molecular complexity index is 855. The number of aromatic nitrogens is 3. The molecule has 0 aliphatic rings. The number of carbonyl (C=O) groups is 1. The predicted molar refractivity (Wildman–Crippen MR) is 112 cm³/mol. The maximum atomic E-state index is 13.1. The fourth-order valence-electron chi connectivity index (χ4n) is 3.54. The Labute approximate surface area is 167 Å². The Morgan fingerprint density at radius 3 is 2.50 bits per heavy atom. The summed E-state index contributed by atoms with van der Waals surface area (Å²) in [6.07, 6.45) is 13.1. The van der Waals surface area contributed by atoms with Gasteiger partial charge in [0.1, 0.15) is 6.54 Å². The number of carbonyl (C=O) groups excluding carboxylic acids is 1. The van der Waals surface area contributed by atoms with E-state index in [1.807, 2.05) is 34.0 Å². The first-order valence-electron chi connectivity index (χ1n) is 9.86. The molecular formula is C23H28N4O. The number of benzene rings is 1. The van der Waals surface area contributed by atoms with Gasteiger partial charge < -0.3 is 9.47 Å². The van der Waals surface area contributed by atoms with Crippen molar-refractivity contribution in [2.75, 3.05) is 11.4 Å². The van der Waals surface area contributed by atoms with Gasteiger partial charge in [0.05, 0.1) is 6.33 Å². The molecule has 0 aliphatic heterocycles. The number of imidazole rings is 1.